The van der Waals surface area contributed by atoms with Crippen molar-refractivity contribution in [2.24, 2.45) is 5.92 Å². The number of hydrogen-bond donors (Lipinski definition) is 0. The van der Waals surface area contributed by atoms with Crippen molar-refractivity contribution in [1.82, 2.24) is 0 Å². The summed E-state index contributed by atoms with van der Waals surface area (Å²) in [6.45, 7) is 13.2. The minimum Gasteiger partial charge on any atom is -0.379 e. The second-order valence-corrected chi connectivity index (χ2v) is 4.80. The monoisotopic (exact) mass is 216 g/mol. The molecule has 0 aliphatic carbocycles. The maximum Gasteiger partial charge on any atom is 0.0707 e. The van der Waals surface area contributed by atoms with Crippen LogP contribution in [-0.2, 0) is 9.47 Å². The smallest absolute Gasteiger partial charge is 0.0707 e. The first-order valence-corrected chi connectivity index (χ1v) is 6.25. The van der Waals surface area contributed by atoms with E-state index in [0.29, 0.717) is 0 Å². The van der Waals surface area contributed by atoms with E-state index in [-0.39, 0.29) is 5.60 Å². The van der Waals surface area contributed by atoms with Gasteiger partial charge in [-0.25, -0.2) is 0 Å². The average molecular weight is 216 g/mol. The summed E-state index contributed by atoms with van der Waals surface area (Å²) in [5.74, 6) is 0.725. The van der Waals surface area contributed by atoms with Crippen LogP contribution in [0.4, 0.5) is 0 Å². The molecule has 0 saturated heterocycles. The molecule has 0 amide bonds. The van der Waals surface area contributed by atoms with Gasteiger partial charge in [-0.15, -0.1) is 0 Å². The maximum atomic E-state index is 5.81. The SMILES string of the molecule is CCC(C)(CC)OCCOCCC(C)C. The summed E-state index contributed by atoms with van der Waals surface area (Å²) in [5.41, 5.74) is 0.0431. The van der Waals surface area contributed by atoms with Gasteiger partial charge in [0.05, 0.1) is 18.8 Å². The predicted octanol–water partition coefficient (Wildman–Crippen LogP) is 3.64. The summed E-state index contributed by atoms with van der Waals surface area (Å²) < 4.78 is 11.3. The lowest BCUT2D eigenvalue weighted by Crippen LogP contribution is -2.28. The Balaban J connectivity index is 3.37. The Morgan fingerprint density at radius 2 is 1.60 bits per heavy atom. The highest BCUT2D eigenvalue weighted by Gasteiger charge is 2.19. The van der Waals surface area contributed by atoms with Crippen molar-refractivity contribution in [2.75, 3.05) is 19.8 Å². The molecule has 0 spiro atoms. The van der Waals surface area contributed by atoms with Gasteiger partial charge in [-0.1, -0.05) is 27.7 Å². The van der Waals surface area contributed by atoms with Crippen molar-refractivity contribution in [3.63, 3.8) is 0 Å². The molecule has 92 valence electrons. The molecule has 0 aliphatic heterocycles. The van der Waals surface area contributed by atoms with E-state index < -0.39 is 0 Å². The highest BCUT2D eigenvalue weighted by atomic mass is 16.5. The van der Waals surface area contributed by atoms with Gasteiger partial charge in [0.25, 0.3) is 0 Å². The summed E-state index contributed by atoms with van der Waals surface area (Å²) in [5, 5.41) is 0. The highest BCUT2D eigenvalue weighted by Crippen LogP contribution is 2.18. The van der Waals surface area contributed by atoms with E-state index in [1.165, 1.54) is 0 Å². The molecule has 0 aliphatic rings. The third kappa shape index (κ3) is 7.80. The zero-order valence-corrected chi connectivity index (χ0v) is 11.1. The van der Waals surface area contributed by atoms with E-state index in [1.54, 1.807) is 0 Å². The van der Waals surface area contributed by atoms with Crippen molar-refractivity contribution < 1.29 is 9.47 Å². The van der Waals surface area contributed by atoms with Crippen LogP contribution in [0.2, 0.25) is 0 Å². The Hall–Kier alpha value is -0.0800. The lowest BCUT2D eigenvalue weighted by molar-refractivity contribution is -0.0616. The van der Waals surface area contributed by atoms with Crippen LogP contribution in [0.5, 0.6) is 0 Å². The van der Waals surface area contributed by atoms with Gasteiger partial charge in [0.2, 0.25) is 0 Å². The van der Waals surface area contributed by atoms with Crippen LogP contribution >= 0.6 is 0 Å². The van der Waals surface area contributed by atoms with Crippen LogP contribution < -0.4 is 0 Å². The summed E-state index contributed by atoms with van der Waals surface area (Å²) >= 11 is 0. The van der Waals surface area contributed by atoms with Crippen molar-refractivity contribution in [1.29, 1.82) is 0 Å². The lowest BCUT2D eigenvalue weighted by atomic mass is 10.0. The van der Waals surface area contributed by atoms with E-state index >= 15 is 0 Å². The fourth-order valence-electron chi connectivity index (χ4n) is 1.22. The summed E-state index contributed by atoms with van der Waals surface area (Å²) in [4.78, 5) is 0. The third-order valence-electron chi connectivity index (χ3n) is 3.01. The summed E-state index contributed by atoms with van der Waals surface area (Å²) in [6, 6.07) is 0. The Morgan fingerprint density at radius 1 is 1.00 bits per heavy atom. The summed E-state index contributed by atoms with van der Waals surface area (Å²) in [7, 11) is 0. The minimum atomic E-state index is 0.0431. The molecule has 0 bridgehead atoms. The molecule has 0 unspecified atom stereocenters. The lowest BCUT2D eigenvalue weighted by Gasteiger charge is -2.27. The fourth-order valence-corrected chi connectivity index (χ4v) is 1.22. The molecule has 0 radical (unpaired) electrons. The number of ether oxygens (including phenoxy) is 2. The molecule has 0 atom stereocenters. The second kappa shape index (κ2) is 8.12. The van der Waals surface area contributed by atoms with E-state index in [1.807, 2.05) is 0 Å². The predicted molar refractivity (Wildman–Crippen MR) is 65.2 cm³/mol. The highest BCUT2D eigenvalue weighted by molar-refractivity contribution is 4.70. The topological polar surface area (TPSA) is 18.5 Å². The first-order valence-electron chi connectivity index (χ1n) is 6.25. The van der Waals surface area contributed by atoms with Gasteiger partial charge in [0, 0.05) is 6.61 Å². The standard InChI is InChI=1S/C13H28O2/c1-6-13(5,7-2)15-11-10-14-9-8-12(3)4/h12H,6-11H2,1-5H3. The Kier molecular flexibility index (Phi) is 8.07. The second-order valence-electron chi connectivity index (χ2n) is 4.80. The first kappa shape index (κ1) is 14.9. The van der Waals surface area contributed by atoms with Crippen molar-refractivity contribution in [2.45, 2.75) is 59.5 Å². The zero-order valence-electron chi connectivity index (χ0n) is 11.1. The van der Waals surface area contributed by atoms with Crippen molar-refractivity contribution in [3.05, 3.63) is 0 Å². The van der Waals surface area contributed by atoms with Crippen LogP contribution in [0.15, 0.2) is 0 Å². The molecule has 0 heterocycles. The van der Waals surface area contributed by atoms with Gasteiger partial charge in [-0.2, -0.15) is 0 Å². The van der Waals surface area contributed by atoms with Crippen LogP contribution in [0.3, 0.4) is 0 Å². The van der Waals surface area contributed by atoms with Crippen molar-refractivity contribution >= 4 is 0 Å². The molecule has 0 saturated carbocycles. The Morgan fingerprint density at radius 3 is 2.07 bits per heavy atom. The first-order chi connectivity index (χ1) is 7.04. The van der Waals surface area contributed by atoms with Crippen molar-refractivity contribution in [3.8, 4) is 0 Å². The molecule has 15 heavy (non-hydrogen) atoms. The Bertz CT molecular complexity index is 139. The Labute approximate surface area is 95.3 Å². The van der Waals surface area contributed by atoms with E-state index in [4.69, 9.17) is 9.47 Å². The minimum absolute atomic E-state index is 0.0431. The normalized spacial score (nSPS) is 12.4. The molecule has 0 aromatic carbocycles. The molecule has 2 heteroatoms. The zero-order chi connectivity index (χ0) is 11.7. The molecular weight excluding hydrogens is 188 g/mol. The molecule has 0 fully saturated rings. The number of rotatable bonds is 9. The summed E-state index contributed by atoms with van der Waals surface area (Å²) in [6.07, 6.45) is 3.27. The molecule has 0 aromatic heterocycles. The van der Waals surface area contributed by atoms with Crippen LogP contribution in [0, 0.1) is 5.92 Å². The van der Waals surface area contributed by atoms with Gasteiger partial charge in [0.15, 0.2) is 0 Å². The average Bonchev–Trinajstić information content (AvgIpc) is 2.22. The third-order valence-corrected chi connectivity index (χ3v) is 3.01. The molecule has 0 N–H and O–H groups in total. The van der Waals surface area contributed by atoms with E-state index in [9.17, 15) is 0 Å². The number of hydrogen-bond acceptors (Lipinski definition) is 2. The molecule has 2 nitrogen and oxygen atoms in total. The van der Waals surface area contributed by atoms with Gasteiger partial charge in [-0.3, -0.25) is 0 Å². The largest absolute Gasteiger partial charge is 0.379 e. The molecule has 0 rings (SSSR count). The quantitative estimate of drug-likeness (QED) is 0.548. The van der Waals surface area contributed by atoms with E-state index in [0.717, 1.165) is 45.0 Å². The van der Waals surface area contributed by atoms with Gasteiger partial charge in [-0.05, 0) is 32.1 Å². The maximum absolute atomic E-state index is 5.81. The fraction of sp³-hybridized carbons (Fsp3) is 1.00. The van der Waals surface area contributed by atoms with Gasteiger partial charge in [0.1, 0.15) is 0 Å². The van der Waals surface area contributed by atoms with E-state index in [2.05, 4.69) is 34.6 Å². The van der Waals surface area contributed by atoms with Crippen LogP contribution in [0.25, 0.3) is 0 Å². The van der Waals surface area contributed by atoms with Gasteiger partial charge < -0.3 is 9.47 Å². The van der Waals surface area contributed by atoms with Crippen LogP contribution in [0.1, 0.15) is 53.9 Å². The van der Waals surface area contributed by atoms with Crippen LogP contribution in [-0.4, -0.2) is 25.4 Å². The molecular formula is C13H28O2. The van der Waals surface area contributed by atoms with Gasteiger partial charge >= 0.3 is 0 Å². The molecule has 0 aromatic rings.